The van der Waals surface area contributed by atoms with E-state index in [4.69, 9.17) is 33.3 Å². The average molecular weight is 1180 g/mol. The first-order valence-corrected chi connectivity index (χ1v) is 30.9. The fraction of sp³-hybridized carbons (Fsp3) is 0.657. The van der Waals surface area contributed by atoms with E-state index in [9.17, 15) is 39.0 Å². The first-order chi connectivity index (χ1) is 40.4. The summed E-state index contributed by atoms with van der Waals surface area (Å²) in [5.74, 6) is -9.11. The zero-order chi connectivity index (χ0) is 61.9. The zero-order valence-electron chi connectivity index (χ0n) is 52.3. The number of methoxy groups -OCH3 is 3. The summed E-state index contributed by atoms with van der Waals surface area (Å²) in [4.78, 5) is 94.5. The number of hydrogen-bond acceptors (Lipinski definition) is 16. The fourth-order valence-electron chi connectivity index (χ4n) is 13.2. The van der Waals surface area contributed by atoms with Gasteiger partial charge in [0.1, 0.15) is 47.8 Å². The molecule has 5 aliphatic heterocycles. The smallest absolute Gasteiger partial charge is 0.329 e. The number of hydrogen-bond donors (Lipinski definition) is 2. The largest absolute Gasteiger partial charge is 0.460 e. The van der Waals surface area contributed by atoms with Gasteiger partial charge in [-0.25, -0.2) is 14.4 Å². The highest BCUT2D eigenvalue weighted by atomic mass is 16.7. The van der Waals surface area contributed by atoms with Crippen LogP contribution < -0.4 is 9.63 Å². The monoisotopic (exact) mass is 1180 g/mol. The SMILES string of the molecule is CO[C@H]1C[C@@H]2CC[C@@H](C)[C@@](O)(O2)C(=O)C(=O)N2CCCC[C@H]2C(=O)O[C@H]([C@H](C)C[C@@H]2CC[C@@H](OC(=O)C(C)(C)C[n+]3ccccc3)[C@H](OC)C2)CC(=O)[C@H](C)C=C(C)[C@@H](O)[C@@H](OC)C(=O)[C@H](C)C[C@H](C)C2C=CC(C=C1C)ON2c1ccccc1. The Hall–Kier alpha value is -5.47. The number of para-hydroxylation sites is 1. The van der Waals surface area contributed by atoms with Gasteiger partial charge in [0, 0.05) is 70.6 Å². The third-order valence-corrected chi connectivity index (χ3v) is 18.6. The Morgan fingerprint density at radius 1 is 0.824 bits per heavy atom. The molecule has 85 heavy (non-hydrogen) atoms. The van der Waals surface area contributed by atoms with Crippen molar-refractivity contribution in [2.24, 2.45) is 40.9 Å². The van der Waals surface area contributed by atoms with Crippen molar-refractivity contribution in [3.8, 4) is 0 Å². The molecule has 0 spiro atoms. The summed E-state index contributed by atoms with van der Waals surface area (Å²) in [5, 5.41) is 26.0. The number of aromatic nitrogens is 1. The van der Waals surface area contributed by atoms with Crippen molar-refractivity contribution in [1.82, 2.24) is 4.90 Å². The molecule has 6 aliphatic rings. The van der Waals surface area contributed by atoms with Crippen molar-refractivity contribution in [2.45, 2.75) is 213 Å². The Balaban J connectivity index is 1.17. The molecule has 6 heterocycles. The van der Waals surface area contributed by atoms with Gasteiger partial charge >= 0.3 is 11.9 Å². The molecule has 468 valence electrons. The van der Waals surface area contributed by atoms with E-state index >= 15 is 0 Å². The number of benzene rings is 1. The summed E-state index contributed by atoms with van der Waals surface area (Å²) in [6, 6.07) is 13.9. The number of aliphatic hydroxyl groups is 2. The molecule has 1 aromatic carbocycles. The number of Topliss-reactive ketones (excluding diaryl/α,β-unsaturated/α-hetero) is 3. The van der Waals surface area contributed by atoms with E-state index in [0.717, 1.165) is 11.3 Å². The Morgan fingerprint density at radius 3 is 2.21 bits per heavy atom. The maximum absolute atomic E-state index is 14.8. The number of pyridine rings is 1. The van der Waals surface area contributed by atoms with Gasteiger partial charge in [-0.1, -0.05) is 77.1 Å². The van der Waals surface area contributed by atoms with Crippen LogP contribution in [-0.2, 0) is 68.6 Å². The number of aliphatic hydroxyl groups excluding tert-OH is 1. The molecular weight excluding hydrogens is 1090 g/mol. The number of rotatable bonds is 11. The lowest BCUT2D eigenvalue weighted by Crippen LogP contribution is -2.61. The molecule has 8 rings (SSSR count). The van der Waals surface area contributed by atoms with Crippen LogP contribution in [0.5, 0.6) is 0 Å². The number of nitrogens with zero attached hydrogens (tertiary/aromatic N) is 3. The van der Waals surface area contributed by atoms with E-state index in [1.807, 2.05) is 117 Å². The Bertz CT molecular complexity index is 2700. The van der Waals surface area contributed by atoms with Gasteiger partial charge in [0.05, 0.1) is 30.0 Å². The van der Waals surface area contributed by atoms with Crippen LogP contribution in [0.4, 0.5) is 5.69 Å². The van der Waals surface area contributed by atoms with Crippen LogP contribution >= 0.6 is 0 Å². The van der Waals surface area contributed by atoms with Gasteiger partial charge in [-0.3, -0.25) is 28.8 Å². The second-order valence-corrected chi connectivity index (χ2v) is 25.7. The van der Waals surface area contributed by atoms with Crippen molar-refractivity contribution >= 4 is 40.9 Å². The minimum absolute atomic E-state index is 0.0178. The van der Waals surface area contributed by atoms with Crippen LogP contribution in [0.3, 0.4) is 0 Å². The van der Waals surface area contributed by atoms with Gasteiger partial charge in [-0.05, 0) is 139 Å². The second kappa shape index (κ2) is 30.0. The highest BCUT2D eigenvalue weighted by Crippen LogP contribution is 2.40. The lowest BCUT2D eigenvalue weighted by Gasteiger charge is -2.43. The van der Waals surface area contributed by atoms with Gasteiger partial charge < -0.3 is 43.5 Å². The number of allylic oxidation sites excluding steroid dienone is 1. The summed E-state index contributed by atoms with van der Waals surface area (Å²) in [6.07, 6.45) is 9.85. The Kier molecular flexibility index (Phi) is 23.6. The molecule has 18 nitrogen and oxygen atoms in total. The first-order valence-electron chi connectivity index (χ1n) is 30.9. The molecule has 2 aromatic rings. The van der Waals surface area contributed by atoms with Crippen LogP contribution in [0, 0.1) is 40.9 Å². The molecule has 17 atom stereocenters. The number of amides is 1. The molecule has 18 heteroatoms. The van der Waals surface area contributed by atoms with Crippen molar-refractivity contribution in [1.29, 1.82) is 0 Å². The quantitative estimate of drug-likeness (QED) is 0.0934. The molecule has 1 aromatic heterocycles. The number of ketones is 3. The molecule has 2 saturated heterocycles. The first kappa shape index (κ1) is 67.0. The second-order valence-electron chi connectivity index (χ2n) is 25.7. The maximum atomic E-state index is 14.8. The number of carbonyl (C=O) groups excluding carboxylic acids is 6. The molecule has 2 unspecified atom stereocenters. The van der Waals surface area contributed by atoms with Crippen molar-refractivity contribution in [2.75, 3.05) is 32.9 Å². The van der Waals surface area contributed by atoms with Crippen molar-refractivity contribution < 1.29 is 76.8 Å². The van der Waals surface area contributed by atoms with Crippen molar-refractivity contribution in [3.05, 3.63) is 96.4 Å². The van der Waals surface area contributed by atoms with Crippen LogP contribution in [0.2, 0.25) is 0 Å². The molecule has 1 aliphatic carbocycles. The molecular formula is C67H96N3O15+. The highest BCUT2D eigenvalue weighted by molar-refractivity contribution is 6.39. The number of hydroxylamine groups is 1. The molecule has 0 radical (unpaired) electrons. The third-order valence-electron chi connectivity index (χ3n) is 18.6. The van der Waals surface area contributed by atoms with E-state index in [1.165, 1.54) is 12.0 Å². The number of carbonyl (C=O) groups is 6. The summed E-state index contributed by atoms with van der Waals surface area (Å²) < 4.78 is 38.6. The topological polar surface area (TPSA) is 218 Å². The summed E-state index contributed by atoms with van der Waals surface area (Å²) in [7, 11) is 4.55. The molecule has 1 saturated carbocycles. The molecule has 1 amide bonds. The minimum Gasteiger partial charge on any atom is -0.460 e. The van der Waals surface area contributed by atoms with E-state index < -0.39 is 107 Å². The Morgan fingerprint density at radius 2 is 1.53 bits per heavy atom. The molecule has 2 N–H and O–H groups in total. The molecule has 4 bridgehead atoms. The van der Waals surface area contributed by atoms with Crippen LogP contribution in [0.15, 0.2) is 96.4 Å². The van der Waals surface area contributed by atoms with Gasteiger partial charge in [0.2, 0.25) is 5.79 Å². The fourth-order valence-corrected chi connectivity index (χ4v) is 13.2. The average Bonchev–Trinajstić information content (AvgIpc) is 1.98. The van der Waals surface area contributed by atoms with E-state index in [1.54, 1.807) is 41.1 Å². The lowest BCUT2D eigenvalue weighted by atomic mass is 9.78. The Labute approximate surface area is 503 Å². The maximum Gasteiger partial charge on any atom is 0.329 e. The van der Waals surface area contributed by atoms with E-state index in [0.29, 0.717) is 69.9 Å². The van der Waals surface area contributed by atoms with Gasteiger partial charge in [0.25, 0.3) is 11.7 Å². The lowest BCUT2D eigenvalue weighted by molar-refractivity contribution is -0.706. The summed E-state index contributed by atoms with van der Waals surface area (Å²) in [6.45, 7) is 16.9. The summed E-state index contributed by atoms with van der Waals surface area (Å²) in [5.41, 5.74) is 1.14. The number of ether oxygens (including phenoxy) is 6. The van der Waals surface area contributed by atoms with E-state index in [-0.39, 0.29) is 61.2 Å². The normalized spacial score (nSPS) is 34.2. The number of piperidine rings is 1. The molecule has 3 fully saturated rings. The van der Waals surface area contributed by atoms with Gasteiger partial charge in [0.15, 0.2) is 24.7 Å². The van der Waals surface area contributed by atoms with E-state index in [2.05, 4.69) is 13.0 Å². The predicted octanol–water partition coefficient (Wildman–Crippen LogP) is 8.38. The van der Waals surface area contributed by atoms with Crippen LogP contribution in [0.1, 0.15) is 139 Å². The predicted molar refractivity (Wildman–Crippen MR) is 318 cm³/mol. The van der Waals surface area contributed by atoms with Crippen LogP contribution in [0.25, 0.3) is 0 Å². The third kappa shape index (κ3) is 16.6. The van der Waals surface area contributed by atoms with Crippen LogP contribution in [-0.4, -0.2) is 145 Å². The van der Waals surface area contributed by atoms with Gasteiger partial charge in [-0.15, -0.1) is 0 Å². The van der Waals surface area contributed by atoms with Gasteiger partial charge in [-0.2, -0.15) is 0 Å². The highest BCUT2D eigenvalue weighted by Gasteiger charge is 2.53. The zero-order valence-corrected chi connectivity index (χ0v) is 52.3. The summed E-state index contributed by atoms with van der Waals surface area (Å²) >= 11 is 0. The minimum atomic E-state index is -2.50. The number of esters is 2. The standard InChI is InChI=1S/C67H96N3O15/c1-41-33-45(5)59(72)61(81-12)60(73)46(6)34-42(2)54(71)39-57(43(3)35-48-25-29-55(58(37-48)80-11)83-65(77)66(8,9)40-68-30-18-14-19-31-68)82-64(76)53-23-17-20-32-69(53)63(75)62(74)67(78)47(7)24-26-50(84-67)38-56(79-10)44(4)36-51-27-28-52(41)70(85-51)49-21-15-13-16-22-49/h13-16,18-19,21-22,27-28,30-31,34,36,41-43,45,47-48,50-53,55-58,60-61,73,78H,17,20,23-26,29,32-33,35,37-40H2,1-12H3/q+1/t41-,42+,43+,45+,47+,48-,50-,51?,52?,53-,55+,56-,57-,58+,60+,61-,67+/m0/s1. The van der Waals surface area contributed by atoms with Crippen molar-refractivity contribution in [3.63, 3.8) is 0 Å². The number of fused-ring (bicyclic) bond motifs is 16. The number of anilines is 1.